The van der Waals surface area contributed by atoms with E-state index in [0.717, 1.165) is 23.4 Å². The maximum Gasteiger partial charge on any atom is 0.525 e. The third-order valence-corrected chi connectivity index (χ3v) is 4.83. The minimum absolute atomic E-state index is 0.140. The van der Waals surface area contributed by atoms with Crippen LogP contribution in [0.25, 0.3) is 6.08 Å². The van der Waals surface area contributed by atoms with Crippen LogP contribution in [0.15, 0.2) is 54.2 Å². The predicted molar refractivity (Wildman–Crippen MR) is 108 cm³/mol. The van der Waals surface area contributed by atoms with Gasteiger partial charge in [-0.3, -0.25) is 9.79 Å². The largest absolute Gasteiger partial charge is 0.525 e. The Labute approximate surface area is 163 Å². The van der Waals surface area contributed by atoms with Gasteiger partial charge in [0.25, 0.3) is 0 Å². The number of phosphoric acid groups is 1. The lowest BCUT2D eigenvalue weighted by Gasteiger charge is -2.27. The quantitative estimate of drug-likeness (QED) is 0.710. The molecule has 148 valence electrons. The fourth-order valence-electron chi connectivity index (χ4n) is 3.07. The van der Waals surface area contributed by atoms with Gasteiger partial charge in [-0.2, -0.15) is 0 Å². The Hall–Kier alpha value is -2.73. The van der Waals surface area contributed by atoms with E-state index in [9.17, 15) is 4.57 Å². The van der Waals surface area contributed by atoms with Crippen molar-refractivity contribution in [1.82, 2.24) is 0 Å². The van der Waals surface area contributed by atoms with E-state index in [1.54, 1.807) is 12.1 Å². The highest BCUT2D eigenvalue weighted by Gasteiger charge is 2.23. The third-order valence-electron chi connectivity index (χ3n) is 4.41. The lowest BCUT2D eigenvalue weighted by atomic mass is 10.0. The van der Waals surface area contributed by atoms with E-state index in [1.807, 2.05) is 31.3 Å². The fraction of sp³-hybridized carbons (Fsp3) is 0.200. The molecule has 7 nitrogen and oxygen atoms in total. The van der Waals surface area contributed by atoms with Gasteiger partial charge in [0, 0.05) is 18.4 Å². The zero-order valence-corrected chi connectivity index (χ0v) is 16.7. The molecule has 0 spiro atoms. The van der Waals surface area contributed by atoms with Crippen molar-refractivity contribution in [2.45, 2.75) is 6.42 Å². The molecule has 0 radical (unpaired) electrons. The number of allylic oxidation sites excluding steroid dienone is 2. The summed E-state index contributed by atoms with van der Waals surface area (Å²) in [6.45, 7) is 0. The number of para-hydroxylation sites is 1. The van der Waals surface area contributed by atoms with Gasteiger partial charge in [-0.1, -0.05) is 30.4 Å². The van der Waals surface area contributed by atoms with Gasteiger partial charge in [0.1, 0.15) is 0 Å². The maximum atomic E-state index is 11.2. The Balaban J connectivity index is 1.90. The molecular formula is C20H22NO6P. The molecule has 1 aliphatic rings. The molecule has 0 saturated heterocycles. The van der Waals surface area contributed by atoms with Crippen molar-refractivity contribution >= 4 is 19.6 Å². The molecule has 8 heteroatoms. The van der Waals surface area contributed by atoms with E-state index >= 15 is 0 Å². The first-order valence-corrected chi connectivity index (χ1v) is 10.1. The van der Waals surface area contributed by atoms with Gasteiger partial charge in [0.2, 0.25) is 5.75 Å². The number of fused-ring (bicyclic) bond motifs is 1. The normalized spacial score (nSPS) is 13.9. The minimum atomic E-state index is -4.75. The molecule has 0 saturated carbocycles. The van der Waals surface area contributed by atoms with Gasteiger partial charge in [-0.05, 0) is 41.8 Å². The molecule has 0 aromatic heterocycles. The number of ether oxygens (including phenoxy) is 2. The van der Waals surface area contributed by atoms with E-state index in [-0.39, 0.29) is 17.2 Å². The Kier molecular flexibility index (Phi) is 5.79. The molecule has 0 fully saturated rings. The molecule has 1 aliphatic heterocycles. The average molecular weight is 403 g/mol. The number of nitrogens with zero attached hydrogens (tertiary/aromatic N) is 1. The highest BCUT2D eigenvalue weighted by Crippen LogP contribution is 2.47. The topological polar surface area (TPSA) is 88.5 Å². The summed E-state index contributed by atoms with van der Waals surface area (Å²) < 4.78 is 26.4. The summed E-state index contributed by atoms with van der Waals surface area (Å²) in [6, 6.07) is 11.5. The summed E-state index contributed by atoms with van der Waals surface area (Å²) in [5.74, 6) is 0.190. The second kappa shape index (κ2) is 8.10. The monoisotopic (exact) mass is 403 g/mol. The van der Waals surface area contributed by atoms with Gasteiger partial charge >= 0.3 is 7.82 Å². The van der Waals surface area contributed by atoms with Crippen LogP contribution in [-0.4, -0.2) is 31.1 Å². The number of methoxy groups -OCH3 is 2. The van der Waals surface area contributed by atoms with Crippen LogP contribution in [0, 0.1) is 0 Å². The smallest absolute Gasteiger partial charge is 0.493 e. The molecule has 3 rings (SSSR count). The van der Waals surface area contributed by atoms with Crippen LogP contribution in [0.4, 0.5) is 5.69 Å². The number of hydrogen-bond donors (Lipinski definition) is 2. The van der Waals surface area contributed by atoms with Crippen LogP contribution in [0.1, 0.15) is 11.1 Å². The molecule has 2 aromatic carbocycles. The van der Waals surface area contributed by atoms with Crippen molar-refractivity contribution in [2.24, 2.45) is 0 Å². The summed E-state index contributed by atoms with van der Waals surface area (Å²) in [6.07, 6.45) is 6.83. The molecule has 0 unspecified atom stereocenters. The first-order valence-electron chi connectivity index (χ1n) is 8.53. The highest BCUT2D eigenvalue weighted by atomic mass is 31.2. The third kappa shape index (κ3) is 4.39. The first kappa shape index (κ1) is 20.0. The molecule has 2 N–H and O–H groups in total. The average Bonchev–Trinajstić information content (AvgIpc) is 2.67. The zero-order valence-electron chi connectivity index (χ0n) is 15.8. The number of phosphoric ester groups is 1. The molecule has 0 bridgehead atoms. The Morgan fingerprint density at radius 3 is 2.32 bits per heavy atom. The minimum Gasteiger partial charge on any atom is -0.493 e. The summed E-state index contributed by atoms with van der Waals surface area (Å²) in [5, 5.41) is 0. The summed E-state index contributed by atoms with van der Waals surface area (Å²) in [7, 11) is 0.0369. The summed E-state index contributed by atoms with van der Waals surface area (Å²) >= 11 is 0. The van der Waals surface area contributed by atoms with Gasteiger partial charge < -0.3 is 18.9 Å². The van der Waals surface area contributed by atoms with Gasteiger partial charge in [-0.15, -0.1) is 0 Å². The Bertz CT molecular complexity index is 953. The molecular weight excluding hydrogens is 381 g/mol. The van der Waals surface area contributed by atoms with Crippen LogP contribution in [0.2, 0.25) is 0 Å². The van der Waals surface area contributed by atoms with Gasteiger partial charge in [0.15, 0.2) is 11.5 Å². The van der Waals surface area contributed by atoms with E-state index in [4.69, 9.17) is 23.8 Å². The van der Waals surface area contributed by atoms with Crippen molar-refractivity contribution < 1.29 is 28.3 Å². The molecule has 0 amide bonds. The highest BCUT2D eigenvalue weighted by molar-refractivity contribution is 7.46. The van der Waals surface area contributed by atoms with Crippen LogP contribution in [-0.2, 0) is 11.0 Å². The van der Waals surface area contributed by atoms with E-state index in [1.165, 1.54) is 19.8 Å². The van der Waals surface area contributed by atoms with E-state index in [2.05, 4.69) is 23.1 Å². The lowest BCUT2D eigenvalue weighted by Crippen LogP contribution is -2.20. The lowest BCUT2D eigenvalue weighted by molar-refractivity contribution is 0.269. The van der Waals surface area contributed by atoms with E-state index in [0.29, 0.717) is 0 Å². The SMILES string of the molecule is COc1cc(C=CC2=CCc3ccccc3N2C)cc(OC)c1OP(=O)(O)O. The second-order valence-corrected chi connectivity index (χ2v) is 7.35. The van der Waals surface area contributed by atoms with Crippen LogP contribution in [0.3, 0.4) is 0 Å². The number of hydrogen-bond acceptors (Lipinski definition) is 5. The number of anilines is 1. The van der Waals surface area contributed by atoms with Crippen molar-refractivity contribution in [3.8, 4) is 17.2 Å². The molecule has 28 heavy (non-hydrogen) atoms. The molecule has 0 atom stereocenters. The number of rotatable bonds is 6. The fourth-order valence-corrected chi connectivity index (χ4v) is 3.49. The van der Waals surface area contributed by atoms with Gasteiger partial charge in [-0.25, -0.2) is 4.57 Å². The van der Waals surface area contributed by atoms with Crippen LogP contribution < -0.4 is 18.9 Å². The Morgan fingerprint density at radius 2 is 1.71 bits per heavy atom. The molecule has 0 aliphatic carbocycles. The molecule has 2 aromatic rings. The van der Waals surface area contributed by atoms with Crippen LogP contribution >= 0.6 is 7.82 Å². The van der Waals surface area contributed by atoms with Crippen LogP contribution in [0.5, 0.6) is 17.2 Å². The molecule has 1 heterocycles. The summed E-state index contributed by atoms with van der Waals surface area (Å²) in [5.41, 5.74) is 4.20. The predicted octanol–water partition coefficient (Wildman–Crippen LogP) is 3.76. The maximum absolute atomic E-state index is 11.2. The van der Waals surface area contributed by atoms with Crippen molar-refractivity contribution in [3.05, 3.63) is 65.4 Å². The zero-order chi connectivity index (χ0) is 20.3. The Morgan fingerprint density at radius 1 is 1.07 bits per heavy atom. The standard InChI is InChI=1S/C20H22NO6P/c1-21-16(11-9-15-6-4-5-7-17(15)21)10-8-14-12-18(25-2)20(19(13-14)26-3)27-28(22,23)24/h4-8,10-13H,9H2,1-3H3,(H2,22,23,24). The first-order chi connectivity index (χ1) is 13.3. The second-order valence-electron chi connectivity index (χ2n) is 6.19. The van der Waals surface area contributed by atoms with Crippen molar-refractivity contribution in [2.75, 3.05) is 26.2 Å². The van der Waals surface area contributed by atoms with E-state index < -0.39 is 7.82 Å². The summed E-state index contributed by atoms with van der Waals surface area (Å²) in [4.78, 5) is 20.3. The number of likely N-dealkylation sites (N-methyl/N-ethyl adjacent to an activating group) is 1. The number of benzene rings is 2. The van der Waals surface area contributed by atoms with Crippen molar-refractivity contribution in [1.29, 1.82) is 0 Å². The van der Waals surface area contributed by atoms with Gasteiger partial charge in [0.05, 0.1) is 14.2 Å². The van der Waals surface area contributed by atoms with Crippen molar-refractivity contribution in [3.63, 3.8) is 0 Å².